The van der Waals surface area contributed by atoms with Crippen molar-refractivity contribution in [1.82, 2.24) is 0 Å². The SMILES string of the molecule is C1=CCCCCCCCCCCCCCCCCCC/C=C/C=C\1. The van der Waals surface area contributed by atoms with Crippen molar-refractivity contribution in [3.63, 3.8) is 0 Å². The average Bonchev–Trinajstić information content (AvgIpc) is 2.59. The van der Waals surface area contributed by atoms with Crippen LogP contribution in [0, 0.1) is 0 Å². The smallest absolute Gasteiger partial charge is 0.0348 e. The van der Waals surface area contributed by atoms with Gasteiger partial charge in [-0.25, -0.2) is 0 Å². The molecule has 0 heterocycles. The lowest BCUT2D eigenvalue weighted by atomic mass is 10.0. The second-order valence-corrected chi connectivity index (χ2v) is 7.48. The number of rotatable bonds is 0. The topological polar surface area (TPSA) is 0 Å². The van der Waals surface area contributed by atoms with Gasteiger partial charge in [0.25, 0.3) is 0 Å². The zero-order chi connectivity index (χ0) is 17.0. The maximum absolute atomic E-state index is 2.32. The van der Waals surface area contributed by atoms with E-state index in [4.69, 9.17) is 0 Å². The molecule has 0 fully saturated rings. The molecule has 0 aromatic rings. The van der Waals surface area contributed by atoms with Crippen LogP contribution in [0.1, 0.15) is 116 Å². The molecule has 0 aromatic heterocycles. The Morgan fingerprint density at radius 1 is 0.250 bits per heavy atom. The Morgan fingerprint density at radius 2 is 0.500 bits per heavy atom. The minimum Gasteiger partial charge on any atom is -0.0845 e. The lowest BCUT2D eigenvalue weighted by Crippen LogP contribution is -1.84. The van der Waals surface area contributed by atoms with Crippen molar-refractivity contribution in [3.05, 3.63) is 36.5 Å². The van der Waals surface area contributed by atoms with Crippen LogP contribution < -0.4 is 0 Å². The van der Waals surface area contributed by atoms with Crippen LogP contribution in [0.4, 0.5) is 0 Å². The monoisotopic (exact) mass is 330 g/mol. The van der Waals surface area contributed by atoms with E-state index in [0.717, 1.165) is 0 Å². The first kappa shape index (κ1) is 21.3. The van der Waals surface area contributed by atoms with Gasteiger partial charge < -0.3 is 0 Å². The Labute approximate surface area is 152 Å². The molecule has 0 spiro atoms. The van der Waals surface area contributed by atoms with Crippen molar-refractivity contribution < 1.29 is 0 Å². The number of hydrogen-bond acceptors (Lipinski definition) is 0. The summed E-state index contributed by atoms with van der Waals surface area (Å²) in [5, 5.41) is 0. The molecule has 0 saturated carbocycles. The molecule has 138 valence electrons. The summed E-state index contributed by atoms with van der Waals surface area (Å²) in [5.41, 5.74) is 0. The summed E-state index contributed by atoms with van der Waals surface area (Å²) in [6.45, 7) is 0. The first-order chi connectivity index (χ1) is 12.0. The number of hydrogen-bond donors (Lipinski definition) is 0. The molecule has 0 radical (unpaired) electrons. The zero-order valence-electron chi connectivity index (χ0n) is 16.2. The van der Waals surface area contributed by atoms with Crippen LogP contribution in [-0.4, -0.2) is 0 Å². The summed E-state index contributed by atoms with van der Waals surface area (Å²) in [6.07, 6.45) is 39.0. The third kappa shape index (κ3) is 16.1. The van der Waals surface area contributed by atoms with E-state index in [1.54, 1.807) is 0 Å². The first-order valence-electron chi connectivity index (χ1n) is 11.0. The number of allylic oxidation sites excluding steroid dienone is 6. The molecule has 0 amide bonds. The van der Waals surface area contributed by atoms with E-state index in [9.17, 15) is 0 Å². The predicted octanol–water partition coefficient (Wildman–Crippen LogP) is 8.69. The van der Waals surface area contributed by atoms with Crippen molar-refractivity contribution >= 4 is 0 Å². The van der Waals surface area contributed by atoms with Gasteiger partial charge in [-0.05, 0) is 25.7 Å². The molecule has 0 unspecified atom stereocenters. The van der Waals surface area contributed by atoms with E-state index < -0.39 is 0 Å². The van der Waals surface area contributed by atoms with E-state index in [1.165, 1.54) is 116 Å². The van der Waals surface area contributed by atoms with Crippen LogP contribution in [0.15, 0.2) is 36.5 Å². The summed E-state index contributed by atoms with van der Waals surface area (Å²) in [7, 11) is 0. The fraction of sp³-hybridized carbons (Fsp3) is 0.750. The van der Waals surface area contributed by atoms with Gasteiger partial charge in [0, 0.05) is 0 Å². The van der Waals surface area contributed by atoms with Gasteiger partial charge in [-0.2, -0.15) is 0 Å². The van der Waals surface area contributed by atoms with Crippen molar-refractivity contribution in [2.45, 2.75) is 116 Å². The molecule has 0 saturated heterocycles. The van der Waals surface area contributed by atoms with Crippen LogP contribution in [0.5, 0.6) is 0 Å². The highest BCUT2D eigenvalue weighted by molar-refractivity contribution is 5.10. The Kier molecular flexibility index (Phi) is 16.4. The van der Waals surface area contributed by atoms with E-state index >= 15 is 0 Å². The minimum atomic E-state index is 1.24. The van der Waals surface area contributed by atoms with Crippen LogP contribution >= 0.6 is 0 Å². The van der Waals surface area contributed by atoms with Gasteiger partial charge in [-0.1, -0.05) is 126 Å². The van der Waals surface area contributed by atoms with Gasteiger partial charge in [-0.3, -0.25) is 0 Å². The highest BCUT2D eigenvalue weighted by Crippen LogP contribution is 2.14. The molecule has 0 aliphatic heterocycles. The first-order valence-corrected chi connectivity index (χ1v) is 11.0. The minimum absolute atomic E-state index is 1.24. The van der Waals surface area contributed by atoms with Gasteiger partial charge in [0.15, 0.2) is 0 Å². The molecule has 24 heavy (non-hydrogen) atoms. The molecule has 1 aliphatic carbocycles. The third-order valence-corrected chi connectivity index (χ3v) is 5.10. The van der Waals surface area contributed by atoms with Crippen molar-refractivity contribution in [2.24, 2.45) is 0 Å². The summed E-state index contributed by atoms with van der Waals surface area (Å²) < 4.78 is 0. The van der Waals surface area contributed by atoms with E-state index in [2.05, 4.69) is 36.5 Å². The van der Waals surface area contributed by atoms with Gasteiger partial charge in [0.05, 0.1) is 0 Å². The molecule has 0 heteroatoms. The van der Waals surface area contributed by atoms with Crippen molar-refractivity contribution in [2.75, 3.05) is 0 Å². The zero-order valence-corrected chi connectivity index (χ0v) is 16.2. The Bertz CT molecular complexity index is 289. The highest BCUT2D eigenvalue weighted by Gasteiger charge is 1.94. The fourth-order valence-corrected chi connectivity index (χ4v) is 3.48. The molecule has 0 bridgehead atoms. The van der Waals surface area contributed by atoms with Crippen molar-refractivity contribution in [1.29, 1.82) is 0 Å². The Morgan fingerprint density at radius 3 is 0.792 bits per heavy atom. The van der Waals surface area contributed by atoms with E-state index in [-0.39, 0.29) is 0 Å². The third-order valence-electron chi connectivity index (χ3n) is 5.10. The second-order valence-electron chi connectivity index (χ2n) is 7.48. The summed E-state index contributed by atoms with van der Waals surface area (Å²) in [5.74, 6) is 0. The fourth-order valence-electron chi connectivity index (χ4n) is 3.48. The van der Waals surface area contributed by atoms with Gasteiger partial charge >= 0.3 is 0 Å². The van der Waals surface area contributed by atoms with Crippen LogP contribution in [-0.2, 0) is 0 Å². The molecular weight excluding hydrogens is 288 g/mol. The maximum atomic E-state index is 2.32. The van der Waals surface area contributed by atoms with E-state index in [1.807, 2.05) is 0 Å². The summed E-state index contributed by atoms with van der Waals surface area (Å²) in [6, 6.07) is 0. The normalized spacial score (nSPS) is 24.7. The lowest BCUT2D eigenvalue weighted by Gasteiger charge is -2.03. The summed E-state index contributed by atoms with van der Waals surface area (Å²) in [4.78, 5) is 0. The molecule has 1 rings (SSSR count). The predicted molar refractivity (Wildman–Crippen MR) is 111 cm³/mol. The maximum Gasteiger partial charge on any atom is -0.0348 e. The van der Waals surface area contributed by atoms with Gasteiger partial charge in [0.1, 0.15) is 0 Å². The summed E-state index contributed by atoms with van der Waals surface area (Å²) >= 11 is 0. The molecular formula is C24H42. The lowest BCUT2D eigenvalue weighted by molar-refractivity contribution is 0.528. The van der Waals surface area contributed by atoms with Gasteiger partial charge in [0.2, 0.25) is 0 Å². The van der Waals surface area contributed by atoms with Crippen LogP contribution in [0.3, 0.4) is 0 Å². The molecule has 0 aromatic carbocycles. The molecule has 0 N–H and O–H groups in total. The van der Waals surface area contributed by atoms with E-state index in [0.29, 0.717) is 0 Å². The Balaban J connectivity index is 2.15. The van der Waals surface area contributed by atoms with Gasteiger partial charge in [-0.15, -0.1) is 0 Å². The Hall–Kier alpha value is -0.780. The molecule has 0 atom stereocenters. The standard InChI is InChI=1S/C24H42/c1-2-4-6-8-10-12-14-16-18-20-22-24-23-21-19-17-15-13-11-9-7-5-3-1/h1-6H,7-24H2/b2-1-,5-3+,6-4?. The largest absolute Gasteiger partial charge is 0.0845 e. The molecule has 0 nitrogen and oxygen atoms in total. The quantitative estimate of drug-likeness (QED) is 0.416. The second kappa shape index (κ2) is 18.6. The average molecular weight is 331 g/mol. The molecule has 1 aliphatic rings. The van der Waals surface area contributed by atoms with Crippen molar-refractivity contribution in [3.8, 4) is 0 Å². The highest BCUT2D eigenvalue weighted by atomic mass is 14.0. The van der Waals surface area contributed by atoms with Crippen LogP contribution in [0.2, 0.25) is 0 Å². The van der Waals surface area contributed by atoms with Crippen LogP contribution in [0.25, 0.3) is 0 Å².